The zero-order valence-corrected chi connectivity index (χ0v) is 15.8. The Morgan fingerprint density at radius 2 is 1.85 bits per heavy atom. The molecule has 9 nitrogen and oxygen atoms in total. The van der Waals surface area contributed by atoms with Gasteiger partial charge in [-0.25, -0.2) is 9.97 Å². The molecule has 0 saturated heterocycles. The van der Waals surface area contributed by atoms with E-state index in [2.05, 4.69) is 20.2 Å². The van der Waals surface area contributed by atoms with E-state index in [-0.39, 0.29) is 28.5 Å². The summed E-state index contributed by atoms with van der Waals surface area (Å²) in [5, 5.41) is 14.3. The quantitative estimate of drug-likeness (QED) is 0.623. The number of hydrogen-bond acceptors (Lipinski definition) is 9. The van der Waals surface area contributed by atoms with Gasteiger partial charge >= 0.3 is 0 Å². The summed E-state index contributed by atoms with van der Waals surface area (Å²) < 4.78 is 17.3. The second-order valence-corrected chi connectivity index (χ2v) is 7.43. The molecule has 0 bridgehead atoms. The first-order valence-corrected chi connectivity index (χ1v) is 9.08. The Hall–Kier alpha value is -2.98. The van der Waals surface area contributed by atoms with Gasteiger partial charge in [-0.05, 0) is 12.1 Å². The Morgan fingerprint density at radius 1 is 1.19 bits per heavy atom. The fraction of sp³-hybridized carbons (Fsp3) is 0.235. The van der Waals surface area contributed by atoms with Crippen molar-refractivity contribution in [2.45, 2.75) is 24.0 Å². The van der Waals surface area contributed by atoms with Crippen LogP contribution in [0.2, 0.25) is 0 Å². The average molecular weight is 389 g/mol. The zero-order valence-electron chi connectivity index (χ0n) is 15.0. The molecule has 0 radical (unpaired) electrons. The molecule has 0 spiro atoms. The lowest BCUT2D eigenvalue weighted by atomic mass is 10.1. The van der Waals surface area contributed by atoms with Crippen LogP contribution in [-0.2, 0) is 10.8 Å². The topological polar surface area (TPSA) is 145 Å². The summed E-state index contributed by atoms with van der Waals surface area (Å²) in [6, 6.07) is 7.20. The molecule has 0 aliphatic rings. The second-order valence-electron chi connectivity index (χ2n) is 5.42. The molecule has 1 aromatic carbocycles. The lowest BCUT2D eigenvalue weighted by Gasteiger charge is -2.07. The first kappa shape index (κ1) is 20.3. The Kier molecular flexibility index (Phi) is 6.85. The number of benzene rings is 1. The standard InChI is InChI=1S/C16H15N5O3S.CH4O/c1-9(2)25(23)11-5-3-10(4-6-11)12-7-18-15(17)14(19-12)16-21-20-13(8-22)24-16;1-2/h3-9H,1-2H3,(H2,17,18);2H,1H3. The smallest absolute Gasteiger partial charge is 0.281 e. The van der Waals surface area contributed by atoms with Crippen LogP contribution in [0.4, 0.5) is 5.82 Å². The van der Waals surface area contributed by atoms with E-state index in [1.165, 1.54) is 6.20 Å². The number of anilines is 1. The predicted molar refractivity (Wildman–Crippen MR) is 100 cm³/mol. The van der Waals surface area contributed by atoms with Crippen LogP contribution in [0.25, 0.3) is 22.8 Å². The van der Waals surface area contributed by atoms with Crippen LogP contribution in [0, 0.1) is 0 Å². The fourth-order valence-electron chi connectivity index (χ4n) is 2.10. The molecule has 10 heteroatoms. The maximum Gasteiger partial charge on any atom is 0.281 e. The van der Waals surface area contributed by atoms with E-state index in [0.29, 0.717) is 12.0 Å². The highest BCUT2D eigenvalue weighted by molar-refractivity contribution is 7.85. The molecular formula is C17H19N5O4S. The maximum absolute atomic E-state index is 12.1. The Morgan fingerprint density at radius 3 is 2.41 bits per heavy atom. The molecule has 1 atom stereocenters. The van der Waals surface area contributed by atoms with Gasteiger partial charge in [0.05, 0.1) is 22.7 Å². The third-order valence-electron chi connectivity index (χ3n) is 3.36. The molecule has 0 aliphatic carbocycles. The number of nitrogen functional groups attached to an aromatic ring is 1. The normalized spacial score (nSPS) is 11.6. The van der Waals surface area contributed by atoms with E-state index in [0.717, 1.165) is 17.6 Å². The number of hydrogen-bond donors (Lipinski definition) is 2. The molecule has 1 unspecified atom stereocenters. The minimum absolute atomic E-state index is 0.0199. The highest BCUT2D eigenvalue weighted by Crippen LogP contribution is 2.25. The number of carbonyl (C=O) groups excluding carboxylic acids is 1. The summed E-state index contributed by atoms with van der Waals surface area (Å²) in [7, 11) is -0.0583. The van der Waals surface area contributed by atoms with E-state index < -0.39 is 10.8 Å². The molecule has 2 aromatic heterocycles. The molecule has 3 rings (SSSR count). The van der Waals surface area contributed by atoms with Crippen molar-refractivity contribution >= 4 is 22.9 Å². The van der Waals surface area contributed by atoms with Crippen molar-refractivity contribution in [2.24, 2.45) is 0 Å². The predicted octanol–water partition coefficient (Wildman–Crippen LogP) is 1.71. The Balaban J connectivity index is 0.00000126. The van der Waals surface area contributed by atoms with E-state index in [1.807, 2.05) is 26.0 Å². The van der Waals surface area contributed by atoms with Gasteiger partial charge in [-0.1, -0.05) is 26.0 Å². The van der Waals surface area contributed by atoms with Crippen molar-refractivity contribution in [3.8, 4) is 22.8 Å². The summed E-state index contributed by atoms with van der Waals surface area (Å²) in [5.74, 6) is -0.0315. The summed E-state index contributed by atoms with van der Waals surface area (Å²) in [6.45, 7) is 3.81. The van der Waals surface area contributed by atoms with Gasteiger partial charge < -0.3 is 15.3 Å². The molecule has 2 heterocycles. The highest BCUT2D eigenvalue weighted by atomic mass is 32.2. The minimum Gasteiger partial charge on any atom is -0.412 e. The summed E-state index contributed by atoms with van der Waals surface area (Å²) in [5.41, 5.74) is 7.33. The molecule has 27 heavy (non-hydrogen) atoms. The molecule has 0 saturated carbocycles. The van der Waals surface area contributed by atoms with Crippen molar-refractivity contribution in [2.75, 3.05) is 12.8 Å². The monoisotopic (exact) mass is 389 g/mol. The van der Waals surface area contributed by atoms with Crippen molar-refractivity contribution in [1.82, 2.24) is 20.2 Å². The SMILES string of the molecule is CC(C)S(=O)c1ccc(-c2cnc(N)c(-c3nnc(C=O)o3)n2)cc1.CO. The van der Waals surface area contributed by atoms with Gasteiger partial charge in [-0.2, -0.15) is 0 Å². The van der Waals surface area contributed by atoms with Crippen LogP contribution in [0.3, 0.4) is 0 Å². The largest absolute Gasteiger partial charge is 0.412 e. The fourth-order valence-corrected chi connectivity index (χ4v) is 3.05. The molecule has 0 amide bonds. The van der Waals surface area contributed by atoms with E-state index in [1.54, 1.807) is 12.1 Å². The van der Waals surface area contributed by atoms with Gasteiger partial charge in [0, 0.05) is 22.8 Å². The van der Waals surface area contributed by atoms with Crippen LogP contribution in [0.15, 0.2) is 39.8 Å². The highest BCUT2D eigenvalue weighted by Gasteiger charge is 2.16. The number of aliphatic hydroxyl groups is 1. The van der Waals surface area contributed by atoms with Crippen LogP contribution in [0.1, 0.15) is 24.5 Å². The third kappa shape index (κ3) is 4.60. The van der Waals surface area contributed by atoms with Gasteiger partial charge in [-0.3, -0.25) is 9.00 Å². The van der Waals surface area contributed by atoms with Gasteiger partial charge in [0.25, 0.3) is 11.8 Å². The molecule has 0 aliphatic heterocycles. The maximum atomic E-state index is 12.1. The molecule has 142 valence electrons. The molecule has 0 fully saturated rings. The van der Waals surface area contributed by atoms with Crippen LogP contribution < -0.4 is 5.73 Å². The minimum atomic E-state index is -1.06. The molecule has 3 N–H and O–H groups in total. The van der Waals surface area contributed by atoms with Crippen molar-refractivity contribution in [3.63, 3.8) is 0 Å². The van der Waals surface area contributed by atoms with Crippen LogP contribution >= 0.6 is 0 Å². The van der Waals surface area contributed by atoms with Crippen molar-refractivity contribution in [3.05, 3.63) is 36.4 Å². The number of nitrogens with two attached hydrogens (primary N) is 1. The lowest BCUT2D eigenvalue weighted by molar-refractivity contribution is 0.109. The third-order valence-corrected chi connectivity index (χ3v) is 4.95. The number of aliphatic hydroxyl groups excluding tert-OH is 1. The van der Waals surface area contributed by atoms with Gasteiger partial charge in [0.1, 0.15) is 0 Å². The van der Waals surface area contributed by atoms with E-state index >= 15 is 0 Å². The zero-order chi connectivity index (χ0) is 20.0. The van der Waals surface area contributed by atoms with Gasteiger partial charge in [0.2, 0.25) is 6.29 Å². The van der Waals surface area contributed by atoms with E-state index in [9.17, 15) is 9.00 Å². The summed E-state index contributed by atoms with van der Waals surface area (Å²) in [4.78, 5) is 19.9. The Bertz CT molecular complexity index is 941. The number of carbonyl (C=O) groups is 1. The van der Waals surface area contributed by atoms with Gasteiger partial charge in [-0.15, -0.1) is 10.2 Å². The second kappa shape index (κ2) is 9.10. The lowest BCUT2D eigenvalue weighted by Crippen LogP contribution is -2.05. The number of nitrogens with zero attached hydrogens (tertiary/aromatic N) is 4. The summed E-state index contributed by atoms with van der Waals surface area (Å²) >= 11 is 0. The summed E-state index contributed by atoms with van der Waals surface area (Å²) in [6.07, 6.45) is 1.96. The van der Waals surface area contributed by atoms with Crippen LogP contribution in [-0.4, -0.2) is 48.1 Å². The first-order valence-electron chi connectivity index (χ1n) is 7.87. The van der Waals surface area contributed by atoms with Crippen molar-refractivity contribution in [1.29, 1.82) is 0 Å². The molecular weight excluding hydrogens is 370 g/mol. The Labute approximate surface area is 158 Å². The first-order chi connectivity index (χ1) is 13.0. The van der Waals surface area contributed by atoms with Crippen LogP contribution in [0.5, 0.6) is 0 Å². The number of aromatic nitrogens is 4. The molecule has 3 aromatic rings. The average Bonchev–Trinajstić information content (AvgIpc) is 3.18. The van der Waals surface area contributed by atoms with E-state index in [4.69, 9.17) is 15.3 Å². The van der Waals surface area contributed by atoms with Gasteiger partial charge in [0.15, 0.2) is 11.5 Å². The number of aldehydes is 1. The van der Waals surface area contributed by atoms with Crippen molar-refractivity contribution < 1.29 is 18.5 Å². The number of rotatable bonds is 5.